The normalized spacial score (nSPS) is 34.5. The van der Waals surface area contributed by atoms with E-state index in [-0.39, 0.29) is 24.4 Å². The summed E-state index contributed by atoms with van der Waals surface area (Å²) in [5, 5.41) is 0. The fourth-order valence-electron chi connectivity index (χ4n) is 3.45. The Kier molecular flexibility index (Phi) is 3.69. The zero-order chi connectivity index (χ0) is 14.2. The highest BCUT2D eigenvalue weighted by Gasteiger charge is 2.45. The lowest BCUT2D eigenvalue weighted by Crippen LogP contribution is -2.63. The SMILES string of the molecule is COC1(CN2CC(=O)N3CCCCC3C2=O)CCOC1. The van der Waals surface area contributed by atoms with E-state index in [1.165, 1.54) is 0 Å². The number of amides is 2. The van der Waals surface area contributed by atoms with Crippen molar-refractivity contribution in [3.8, 4) is 0 Å². The lowest BCUT2D eigenvalue weighted by Gasteiger charge is -2.44. The number of carbonyl (C=O) groups excluding carboxylic acids is 2. The zero-order valence-corrected chi connectivity index (χ0v) is 12.0. The Balaban J connectivity index is 1.73. The summed E-state index contributed by atoms with van der Waals surface area (Å²) in [6, 6.07) is -0.249. The number of methoxy groups -OCH3 is 1. The molecule has 3 fully saturated rings. The summed E-state index contributed by atoms with van der Waals surface area (Å²) in [6.07, 6.45) is 3.59. The van der Waals surface area contributed by atoms with Gasteiger partial charge in [-0.15, -0.1) is 0 Å². The van der Waals surface area contributed by atoms with E-state index in [1.807, 2.05) is 0 Å². The molecule has 0 aromatic carbocycles. The third-order valence-electron chi connectivity index (χ3n) is 4.73. The van der Waals surface area contributed by atoms with Crippen LogP contribution in [0.15, 0.2) is 0 Å². The highest BCUT2D eigenvalue weighted by molar-refractivity contribution is 5.95. The molecular weight excluding hydrogens is 260 g/mol. The molecule has 6 nitrogen and oxygen atoms in total. The van der Waals surface area contributed by atoms with Crippen LogP contribution in [0.4, 0.5) is 0 Å². The second-order valence-electron chi connectivity index (χ2n) is 5.98. The Morgan fingerprint density at radius 2 is 2.25 bits per heavy atom. The van der Waals surface area contributed by atoms with Gasteiger partial charge < -0.3 is 19.3 Å². The summed E-state index contributed by atoms with van der Waals surface area (Å²) < 4.78 is 11.0. The first kappa shape index (κ1) is 13.8. The van der Waals surface area contributed by atoms with E-state index in [4.69, 9.17) is 9.47 Å². The number of hydrogen-bond donors (Lipinski definition) is 0. The Bertz CT molecular complexity index is 406. The van der Waals surface area contributed by atoms with E-state index in [0.29, 0.717) is 19.8 Å². The van der Waals surface area contributed by atoms with Crippen molar-refractivity contribution < 1.29 is 19.1 Å². The number of nitrogens with zero attached hydrogens (tertiary/aromatic N) is 2. The standard InChI is InChI=1S/C14H22N2O4/c1-19-14(5-7-20-10-14)9-15-8-12(17)16-6-3-2-4-11(16)13(15)18/h11H,2-10H2,1H3. The van der Waals surface area contributed by atoms with Crippen molar-refractivity contribution in [1.29, 1.82) is 0 Å². The van der Waals surface area contributed by atoms with E-state index < -0.39 is 5.60 Å². The Hall–Kier alpha value is -1.14. The van der Waals surface area contributed by atoms with Crippen LogP contribution in [0.2, 0.25) is 0 Å². The van der Waals surface area contributed by atoms with E-state index >= 15 is 0 Å². The van der Waals surface area contributed by atoms with Gasteiger partial charge in [0, 0.05) is 26.7 Å². The van der Waals surface area contributed by atoms with Gasteiger partial charge in [0.25, 0.3) is 0 Å². The van der Waals surface area contributed by atoms with E-state index in [1.54, 1.807) is 16.9 Å². The summed E-state index contributed by atoms with van der Waals surface area (Å²) in [5.41, 5.74) is -0.438. The van der Waals surface area contributed by atoms with Crippen LogP contribution in [0.3, 0.4) is 0 Å². The van der Waals surface area contributed by atoms with Crippen molar-refractivity contribution in [2.24, 2.45) is 0 Å². The minimum absolute atomic E-state index is 0.0690. The number of fused-ring (bicyclic) bond motifs is 1. The van der Waals surface area contributed by atoms with Crippen LogP contribution in [-0.4, -0.2) is 73.2 Å². The summed E-state index contributed by atoms with van der Waals surface area (Å²) in [4.78, 5) is 28.2. The molecule has 0 bridgehead atoms. The fraction of sp³-hybridized carbons (Fsp3) is 0.857. The second kappa shape index (κ2) is 5.33. The van der Waals surface area contributed by atoms with Gasteiger partial charge in [-0.3, -0.25) is 9.59 Å². The number of hydrogen-bond acceptors (Lipinski definition) is 4. The van der Waals surface area contributed by atoms with Gasteiger partial charge in [-0.25, -0.2) is 0 Å². The molecule has 0 aliphatic carbocycles. The summed E-state index contributed by atoms with van der Waals surface area (Å²) in [6.45, 7) is 2.51. The predicted octanol–water partition coefficient (Wildman–Crippen LogP) is 0.0152. The first-order valence-electron chi connectivity index (χ1n) is 7.36. The quantitative estimate of drug-likeness (QED) is 0.732. The van der Waals surface area contributed by atoms with Crippen LogP contribution < -0.4 is 0 Å². The molecule has 0 N–H and O–H groups in total. The third kappa shape index (κ3) is 2.31. The largest absolute Gasteiger partial charge is 0.378 e. The zero-order valence-electron chi connectivity index (χ0n) is 12.0. The number of carbonyl (C=O) groups is 2. The lowest BCUT2D eigenvalue weighted by atomic mass is 9.96. The monoisotopic (exact) mass is 282 g/mol. The van der Waals surface area contributed by atoms with Crippen molar-refractivity contribution in [3.63, 3.8) is 0 Å². The minimum atomic E-state index is -0.438. The Labute approximate surface area is 119 Å². The average molecular weight is 282 g/mol. The molecule has 3 saturated heterocycles. The number of piperazine rings is 1. The third-order valence-corrected chi connectivity index (χ3v) is 4.73. The first-order valence-corrected chi connectivity index (χ1v) is 7.36. The number of piperidine rings is 1. The molecule has 2 amide bonds. The van der Waals surface area contributed by atoms with Crippen LogP contribution in [0.25, 0.3) is 0 Å². The van der Waals surface area contributed by atoms with Gasteiger partial charge in [-0.1, -0.05) is 0 Å². The van der Waals surface area contributed by atoms with Gasteiger partial charge in [-0.2, -0.15) is 0 Å². The van der Waals surface area contributed by atoms with Gasteiger partial charge in [0.1, 0.15) is 11.6 Å². The molecule has 0 aromatic rings. The smallest absolute Gasteiger partial charge is 0.245 e. The highest BCUT2D eigenvalue weighted by atomic mass is 16.5. The molecular formula is C14H22N2O4. The molecule has 2 unspecified atom stereocenters. The minimum Gasteiger partial charge on any atom is -0.378 e. The molecule has 0 radical (unpaired) electrons. The Morgan fingerprint density at radius 3 is 2.95 bits per heavy atom. The summed E-state index contributed by atoms with van der Waals surface area (Å²) >= 11 is 0. The number of rotatable bonds is 3. The van der Waals surface area contributed by atoms with Gasteiger partial charge in [-0.05, 0) is 19.3 Å². The summed E-state index contributed by atoms with van der Waals surface area (Å²) in [5.74, 6) is 0.145. The van der Waals surface area contributed by atoms with Crippen LogP contribution in [-0.2, 0) is 19.1 Å². The van der Waals surface area contributed by atoms with Gasteiger partial charge in [0.15, 0.2) is 0 Å². The van der Waals surface area contributed by atoms with Gasteiger partial charge >= 0.3 is 0 Å². The Morgan fingerprint density at radius 1 is 1.40 bits per heavy atom. The molecule has 2 atom stereocenters. The van der Waals surface area contributed by atoms with E-state index in [0.717, 1.165) is 32.2 Å². The van der Waals surface area contributed by atoms with Gasteiger partial charge in [0.2, 0.25) is 11.8 Å². The van der Waals surface area contributed by atoms with Crippen molar-refractivity contribution in [1.82, 2.24) is 9.80 Å². The van der Waals surface area contributed by atoms with Crippen molar-refractivity contribution in [2.75, 3.05) is 40.0 Å². The molecule has 112 valence electrons. The molecule has 3 rings (SSSR count). The molecule has 0 saturated carbocycles. The molecule has 3 heterocycles. The molecule has 20 heavy (non-hydrogen) atoms. The maximum Gasteiger partial charge on any atom is 0.245 e. The summed E-state index contributed by atoms with van der Waals surface area (Å²) in [7, 11) is 1.65. The highest BCUT2D eigenvalue weighted by Crippen LogP contribution is 2.28. The molecule has 0 aromatic heterocycles. The number of ether oxygens (including phenoxy) is 2. The van der Waals surface area contributed by atoms with Crippen LogP contribution >= 0.6 is 0 Å². The van der Waals surface area contributed by atoms with Gasteiger partial charge in [0.05, 0.1) is 19.7 Å². The van der Waals surface area contributed by atoms with Crippen molar-refractivity contribution in [2.45, 2.75) is 37.3 Å². The predicted molar refractivity (Wildman–Crippen MR) is 71.1 cm³/mol. The van der Waals surface area contributed by atoms with Crippen LogP contribution in [0, 0.1) is 0 Å². The topological polar surface area (TPSA) is 59.1 Å². The molecule has 6 heteroatoms. The maximum atomic E-state index is 12.6. The first-order chi connectivity index (χ1) is 9.65. The van der Waals surface area contributed by atoms with Crippen LogP contribution in [0.5, 0.6) is 0 Å². The maximum absolute atomic E-state index is 12.6. The van der Waals surface area contributed by atoms with E-state index in [9.17, 15) is 9.59 Å². The van der Waals surface area contributed by atoms with Crippen LogP contribution in [0.1, 0.15) is 25.7 Å². The fourth-order valence-corrected chi connectivity index (χ4v) is 3.45. The molecule has 3 aliphatic rings. The second-order valence-corrected chi connectivity index (χ2v) is 5.98. The van der Waals surface area contributed by atoms with Crippen molar-refractivity contribution in [3.05, 3.63) is 0 Å². The molecule has 3 aliphatic heterocycles. The van der Waals surface area contributed by atoms with Crippen molar-refractivity contribution >= 4 is 11.8 Å². The average Bonchev–Trinajstić information content (AvgIpc) is 2.94. The van der Waals surface area contributed by atoms with E-state index in [2.05, 4.69) is 0 Å². The molecule has 0 spiro atoms. The lowest BCUT2D eigenvalue weighted by molar-refractivity contribution is -0.161.